The van der Waals surface area contributed by atoms with E-state index >= 15 is 0 Å². The highest BCUT2D eigenvalue weighted by molar-refractivity contribution is 7.99. The molecule has 2 aromatic rings. The predicted octanol–water partition coefficient (Wildman–Crippen LogP) is 1.63. The normalized spacial score (nSPS) is 10.5. The monoisotopic (exact) mass is 389 g/mol. The van der Waals surface area contributed by atoms with Crippen LogP contribution in [0.15, 0.2) is 53.3 Å². The van der Waals surface area contributed by atoms with Crippen molar-refractivity contribution in [3.63, 3.8) is 0 Å². The Balaban J connectivity index is 2.12. The first-order valence-corrected chi connectivity index (χ1v) is 9.38. The van der Waals surface area contributed by atoms with Gasteiger partial charge in [-0.2, -0.15) is 0 Å². The second-order valence-electron chi connectivity index (χ2n) is 5.70. The van der Waals surface area contributed by atoms with Crippen LogP contribution < -0.4 is 5.73 Å². The average molecular weight is 389 g/mol. The number of aryl methyl sites for hydroxylation is 1. The second-order valence-corrected chi connectivity index (χ2v) is 6.64. The van der Waals surface area contributed by atoms with Crippen molar-refractivity contribution in [2.24, 2.45) is 5.73 Å². The van der Waals surface area contributed by atoms with E-state index in [1.807, 2.05) is 10.6 Å². The van der Waals surface area contributed by atoms with Crippen LogP contribution in [-0.4, -0.2) is 50.3 Å². The Kier molecular flexibility index (Phi) is 7.87. The first-order valence-electron chi connectivity index (χ1n) is 8.40. The highest BCUT2D eigenvalue weighted by Crippen LogP contribution is 2.20. The van der Waals surface area contributed by atoms with Crippen LogP contribution in [0, 0.1) is 0 Å². The Hall–Kier alpha value is -2.81. The lowest BCUT2D eigenvalue weighted by atomic mass is 10.3. The maximum absolute atomic E-state index is 12.4. The molecule has 0 saturated carbocycles. The molecule has 0 aliphatic heterocycles. The van der Waals surface area contributed by atoms with Crippen LogP contribution in [0.5, 0.6) is 0 Å². The molecule has 0 aliphatic carbocycles. The number of aromatic nitrogens is 3. The smallest absolute Gasteiger partial charge is 0.233 e. The van der Waals surface area contributed by atoms with Gasteiger partial charge < -0.3 is 15.1 Å². The quantitative estimate of drug-likeness (QED) is 0.437. The van der Waals surface area contributed by atoms with E-state index in [2.05, 4.69) is 23.4 Å². The van der Waals surface area contributed by atoms with Crippen LogP contribution in [-0.2, 0) is 22.6 Å². The molecule has 0 unspecified atom stereocenters. The first kappa shape index (κ1) is 20.5. The number of rotatable bonds is 12. The molecule has 2 rings (SSSR count). The van der Waals surface area contributed by atoms with Gasteiger partial charge in [0.2, 0.25) is 11.8 Å². The average Bonchev–Trinajstić information content (AvgIpc) is 3.28. The van der Waals surface area contributed by atoms with E-state index < -0.39 is 5.91 Å². The van der Waals surface area contributed by atoms with Crippen LogP contribution >= 0.6 is 11.8 Å². The lowest BCUT2D eigenvalue weighted by Crippen LogP contribution is -2.32. The van der Waals surface area contributed by atoms with E-state index in [0.29, 0.717) is 37.0 Å². The maximum Gasteiger partial charge on any atom is 0.233 e. The van der Waals surface area contributed by atoms with Crippen LogP contribution in [0.2, 0.25) is 0 Å². The summed E-state index contributed by atoms with van der Waals surface area (Å²) in [4.78, 5) is 25.2. The molecule has 8 nitrogen and oxygen atoms in total. The van der Waals surface area contributed by atoms with Gasteiger partial charge in [0.05, 0.1) is 18.6 Å². The van der Waals surface area contributed by atoms with Gasteiger partial charge >= 0.3 is 0 Å². The molecule has 0 bridgehead atoms. The summed E-state index contributed by atoms with van der Waals surface area (Å²) >= 11 is 1.28. The summed E-state index contributed by atoms with van der Waals surface area (Å²) in [6.45, 7) is 8.65. The minimum atomic E-state index is -0.406. The maximum atomic E-state index is 12.4. The highest BCUT2D eigenvalue weighted by Gasteiger charge is 2.18. The topological polar surface area (TPSA) is 107 Å². The van der Waals surface area contributed by atoms with Crippen LogP contribution in [0.4, 0.5) is 0 Å². The molecular weight excluding hydrogens is 366 g/mol. The number of hydrogen-bond acceptors (Lipinski definition) is 6. The van der Waals surface area contributed by atoms with Crippen molar-refractivity contribution in [1.82, 2.24) is 19.7 Å². The lowest BCUT2D eigenvalue weighted by Gasteiger charge is -2.18. The molecule has 2 N–H and O–H groups in total. The Bertz CT molecular complexity index is 775. The molecule has 0 spiro atoms. The number of thioether (sulfide) groups is 1. The van der Waals surface area contributed by atoms with Gasteiger partial charge in [-0.1, -0.05) is 23.9 Å². The van der Waals surface area contributed by atoms with Crippen molar-refractivity contribution in [2.75, 3.05) is 18.8 Å². The van der Waals surface area contributed by atoms with Crippen LogP contribution in [0.25, 0.3) is 0 Å². The van der Waals surface area contributed by atoms with Gasteiger partial charge in [0.1, 0.15) is 11.6 Å². The summed E-state index contributed by atoms with van der Waals surface area (Å²) in [6, 6.07) is 3.63. The molecule has 2 amide bonds. The van der Waals surface area contributed by atoms with E-state index in [4.69, 9.17) is 10.2 Å². The molecule has 2 aromatic heterocycles. The zero-order valence-corrected chi connectivity index (χ0v) is 15.9. The SMILES string of the molecule is C=CCN(CC=C)C(=O)CSc1nnc(CCC(N)=O)n1Cc1ccco1. The summed E-state index contributed by atoms with van der Waals surface area (Å²) in [6.07, 6.45) is 5.48. The van der Waals surface area contributed by atoms with E-state index in [1.54, 1.807) is 29.4 Å². The third-order valence-electron chi connectivity index (χ3n) is 3.66. The molecule has 0 fully saturated rings. The van der Waals surface area contributed by atoms with Crippen molar-refractivity contribution in [2.45, 2.75) is 24.5 Å². The summed E-state index contributed by atoms with van der Waals surface area (Å²) < 4.78 is 7.23. The predicted molar refractivity (Wildman–Crippen MR) is 103 cm³/mol. The minimum absolute atomic E-state index is 0.0500. The van der Waals surface area contributed by atoms with E-state index in [0.717, 1.165) is 5.76 Å². The fraction of sp³-hybridized carbons (Fsp3) is 0.333. The largest absolute Gasteiger partial charge is 0.467 e. The van der Waals surface area contributed by atoms with Gasteiger partial charge in [-0.25, -0.2) is 0 Å². The summed E-state index contributed by atoms with van der Waals surface area (Å²) in [7, 11) is 0. The summed E-state index contributed by atoms with van der Waals surface area (Å²) in [5.41, 5.74) is 5.24. The second kappa shape index (κ2) is 10.4. The summed E-state index contributed by atoms with van der Waals surface area (Å²) in [5.74, 6) is 1.09. The van der Waals surface area contributed by atoms with Crippen molar-refractivity contribution in [1.29, 1.82) is 0 Å². The zero-order valence-electron chi connectivity index (χ0n) is 15.0. The van der Waals surface area contributed by atoms with Crippen molar-refractivity contribution < 1.29 is 14.0 Å². The van der Waals surface area contributed by atoms with E-state index in [-0.39, 0.29) is 18.1 Å². The van der Waals surface area contributed by atoms with E-state index in [9.17, 15) is 9.59 Å². The lowest BCUT2D eigenvalue weighted by molar-refractivity contribution is -0.127. The third kappa shape index (κ3) is 6.14. The third-order valence-corrected chi connectivity index (χ3v) is 4.61. The Labute approximate surface area is 162 Å². The Morgan fingerprint density at radius 2 is 2.04 bits per heavy atom. The fourth-order valence-corrected chi connectivity index (χ4v) is 3.23. The first-order chi connectivity index (χ1) is 13.0. The van der Waals surface area contributed by atoms with Gasteiger partial charge in [-0.15, -0.1) is 23.4 Å². The molecule has 0 saturated heterocycles. The van der Waals surface area contributed by atoms with Gasteiger partial charge in [0.15, 0.2) is 5.16 Å². The van der Waals surface area contributed by atoms with Crippen LogP contribution in [0.1, 0.15) is 18.0 Å². The molecule has 27 heavy (non-hydrogen) atoms. The minimum Gasteiger partial charge on any atom is -0.467 e. The molecular formula is C18H23N5O3S. The fourth-order valence-electron chi connectivity index (χ4n) is 2.37. The highest BCUT2D eigenvalue weighted by atomic mass is 32.2. The van der Waals surface area contributed by atoms with Crippen molar-refractivity contribution in [3.8, 4) is 0 Å². The number of carbonyl (C=O) groups excluding carboxylic acids is 2. The zero-order chi connectivity index (χ0) is 19.6. The number of primary amides is 1. The summed E-state index contributed by atoms with van der Waals surface area (Å²) in [5, 5.41) is 8.90. The number of amides is 2. The number of carbonyl (C=O) groups is 2. The molecule has 9 heteroatoms. The van der Waals surface area contributed by atoms with Gasteiger partial charge in [-0.05, 0) is 12.1 Å². The molecule has 2 heterocycles. The van der Waals surface area contributed by atoms with Gasteiger partial charge in [0, 0.05) is 25.9 Å². The number of furan rings is 1. The van der Waals surface area contributed by atoms with Gasteiger partial charge in [-0.3, -0.25) is 14.2 Å². The molecule has 0 atom stereocenters. The number of nitrogens with zero attached hydrogens (tertiary/aromatic N) is 4. The van der Waals surface area contributed by atoms with Crippen molar-refractivity contribution >= 4 is 23.6 Å². The standard InChI is InChI=1S/C18H23N5O3S/c1-3-9-22(10-4-2)17(25)13-27-18-21-20-16(8-7-15(19)24)23(18)12-14-6-5-11-26-14/h3-6,11H,1-2,7-10,12-13H2,(H2,19,24). The van der Waals surface area contributed by atoms with Crippen LogP contribution in [0.3, 0.4) is 0 Å². The van der Waals surface area contributed by atoms with Crippen molar-refractivity contribution in [3.05, 3.63) is 55.3 Å². The molecule has 0 aromatic carbocycles. The Morgan fingerprint density at radius 1 is 1.30 bits per heavy atom. The number of hydrogen-bond donors (Lipinski definition) is 1. The molecule has 0 aliphatic rings. The molecule has 144 valence electrons. The van der Waals surface area contributed by atoms with Gasteiger partial charge in [0.25, 0.3) is 0 Å². The number of nitrogens with two attached hydrogens (primary N) is 1. The Morgan fingerprint density at radius 3 is 2.63 bits per heavy atom. The van der Waals surface area contributed by atoms with E-state index in [1.165, 1.54) is 11.8 Å². The molecule has 0 radical (unpaired) electrons.